The first-order chi connectivity index (χ1) is 24.6. The van der Waals surface area contributed by atoms with Crippen LogP contribution in [0, 0.1) is 0 Å². The lowest BCUT2D eigenvalue weighted by Crippen LogP contribution is -2.29. The van der Waals surface area contributed by atoms with E-state index in [-0.39, 0.29) is 6.17 Å². The van der Waals surface area contributed by atoms with Crippen molar-refractivity contribution in [3.05, 3.63) is 0 Å². The van der Waals surface area contributed by atoms with E-state index in [4.69, 9.17) is 192 Å². The lowest BCUT2D eigenvalue weighted by Gasteiger charge is -2.01. The van der Waals surface area contributed by atoms with Crippen LogP contribution < -0.4 is 11.5 Å². The molecule has 38 nitrogen and oxygen atoms in total. The van der Waals surface area contributed by atoms with E-state index >= 15 is 0 Å². The molecule has 0 aromatic heterocycles. The van der Waals surface area contributed by atoms with Crippen LogP contribution in [0.1, 0.15) is 32.6 Å². The molecule has 0 saturated heterocycles. The van der Waals surface area contributed by atoms with Gasteiger partial charge in [-0.15, -0.1) is 0 Å². The van der Waals surface area contributed by atoms with Crippen molar-refractivity contribution in [1.82, 2.24) is 0 Å². The van der Waals surface area contributed by atoms with E-state index < -0.39 is 73.9 Å². The van der Waals surface area contributed by atoms with Crippen molar-refractivity contribution >= 4 is 73.9 Å². The van der Waals surface area contributed by atoms with Crippen LogP contribution in [-0.2, 0) is 0 Å². The van der Waals surface area contributed by atoms with E-state index in [0.717, 1.165) is 6.42 Å². The minimum atomic E-state index is -1.83. The maximum absolute atomic E-state index is 8.56. The van der Waals surface area contributed by atoms with Gasteiger partial charge in [0.05, 0.1) is 6.17 Å². The second-order valence-corrected chi connectivity index (χ2v) is 5.55. The second-order valence-electron chi connectivity index (χ2n) is 5.55. The number of carbonyl (C=O) groups is 12. The van der Waals surface area contributed by atoms with Gasteiger partial charge in [-0.05, 0) is 6.42 Å². The van der Waals surface area contributed by atoms with Crippen molar-refractivity contribution in [3.8, 4) is 0 Å². The predicted molar refractivity (Wildman–Crippen MR) is 164 cm³/mol. The summed E-state index contributed by atoms with van der Waals surface area (Å²) in [6.45, 7) is 2.17. The third kappa shape index (κ3) is 5970. The molecule has 0 saturated carbocycles. The van der Waals surface area contributed by atoms with Crippen LogP contribution in [0.15, 0.2) is 0 Å². The van der Waals surface area contributed by atoms with Gasteiger partial charge in [0.15, 0.2) is 0 Å². The molecule has 0 amide bonds. The van der Waals surface area contributed by atoms with Crippen LogP contribution in [0.4, 0.5) is 57.5 Å². The smallest absolute Gasteiger partial charge is 0.450 e. The Morgan fingerprint density at radius 3 is 0.429 bits per heavy atom. The average Bonchev–Trinajstić information content (AvgIpc) is 2.80. The average molecular weight is 860 g/mol. The summed E-state index contributed by atoms with van der Waals surface area (Å²) < 4.78 is 0. The van der Waals surface area contributed by atoms with Gasteiger partial charge < -0.3 is 134 Å². The van der Waals surface area contributed by atoms with Gasteiger partial charge in [0.1, 0.15) is 0 Å². The zero-order valence-electron chi connectivity index (χ0n) is 27.2. The van der Waals surface area contributed by atoms with Crippen molar-refractivity contribution < 1.29 is 180 Å². The van der Waals surface area contributed by atoms with Gasteiger partial charge in [-0.1, -0.05) is 26.2 Å². The third-order valence-electron chi connectivity index (χ3n) is 1.14. The molecule has 0 aromatic rings. The topological polar surface area (TPSA) is 742 Å². The van der Waals surface area contributed by atoms with E-state index in [0.29, 0.717) is 0 Å². The molecule has 0 bridgehead atoms. The molecule has 0 aliphatic rings. The molecule has 0 unspecified atom stereocenters. The summed E-state index contributed by atoms with van der Waals surface area (Å²) in [5, 5.41) is 167. The van der Waals surface area contributed by atoms with Crippen LogP contribution in [-0.4, -0.2) is 203 Å². The first-order valence-corrected chi connectivity index (χ1v) is 11.1. The van der Waals surface area contributed by atoms with Gasteiger partial charge in [0, 0.05) is 0 Å². The van der Waals surface area contributed by atoms with E-state index in [2.05, 4.69) is 6.92 Å². The normalized spacial score (nSPS) is 6.64. The quantitative estimate of drug-likeness (QED) is 0.142. The summed E-state index contributed by atoms with van der Waals surface area (Å²) >= 11 is 0. The molecule has 0 heterocycles. The number of nitrogens with two attached hydrogens (primary N) is 2. The van der Waals surface area contributed by atoms with E-state index in [1.165, 1.54) is 19.3 Å². The summed E-state index contributed by atoms with van der Waals surface area (Å²) in [7, 11) is 0. The Labute approximate surface area is 305 Å². The number of carboxylic acid groups (broad SMARTS) is 24. The molecule has 0 aliphatic heterocycles. The highest BCUT2D eigenvalue weighted by Crippen LogP contribution is 1.97. The highest BCUT2D eigenvalue weighted by atomic mass is 16.6. The van der Waals surface area contributed by atoms with Crippen molar-refractivity contribution in [3.63, 3.8) is 0 Å². The molecule has 0 rings (SSSR count). The van der Waals surface area contributed by atoms with E-state index in [9.17, 15) is 0 Å². The van der Waals surface area contributed by atoms with Crippen LogP contribution in [0.2, 0.25) is 0 Å². The Morgan fingerprint density at radius 2 is 0.375 bits per heavy atom. The van der Waals surface area contributed by atoms with Gasteiger partial charge in [-0.2, -0.15) is 0 Å². The Bertz CT molecular complexity index is 702. The largest absolute Gasteiger partial charge is 0.503 e. The van der Waals surface area contributed by atoms with Crippen LogP contribution in [0.25, 0.3) is 0 Å². The van der Waals surface area contributed by atoms with Gasteiger partial charge in [-0.25, -0.2) is 57.5 Å². The molecular weight excluding hydrogens is 820 g/mol. The Kier molecular flexibility index (Phi) is 124. The third-order valence-corrected chi connectivity index (χ3v) is 1.14. The first kappa shape index (κ1) is 86.1. The summed E-state index contributed by atoms with van der Waals surface area (Å²) in [6.07, 6.45) is -17.5. The maximum atomic E-state index is 8.56. The Morgan fingerprint density at radius 1 is 0.286 bits per heavy atom. The summed E-state index contributed by atoms with van der Waals surface area (Å²) in [5.41, 5.74) is 10.6. The number of rotatable bonds is 4. The minimum Gasteiger partial charge on any atom is -0.450 e. The van der Waals surface area contributed by atoms with E-state index in [1.807, 2.05) is 0 Å². The molecule has 0 aromatic carbocycles. The van der Waals surface area contributed by atoms with Crippen molar-refractivity contribution in [2.45, 2.75) is 38.8 Å². The zero-order valence-corrected chi connectivity index (χ0v) is 27.2. The number of unbranched alkanes of at least 4 members (excludes halogenated alkanes) is 2. The fourth-order valence-electron chi connectivity index (χ4n) is 0.630. The summed E-state index contributed by atoms with van der Waals surface area (Å²) in [4.78, 5) is 103. The van der Waals surface area contributed by atoms with Gasteiger partial charge in [0.25, 0.3) is 0 Å². The molecule has 0 radical (unpaired) electrons. The van der Waals surface area contributed by atoms with Gasteiger partial charge in [-0.3, -0.25) is 0 Å². The predicted octanol–water partition coefficient (Wildman–Crippen LogP) is 3.48. The number of hydrogen-bond donors (Lipinski definition) is 26. The fourth-order valence-corrected chi connectivity index (χ4v) is 0.630. The molecule has 0 spiro atoms. The molecule has 56 heavy (non-hydrogen) atoms. The standard InChI is InChI=1S/C6H16N2.12CH2O3/c1-2-3-4-5-6(7)8;12*2-1(3)4/h6H,2-5,7-8H2,1H3;12*(H2,2,3,4). The highest BCUT2D eigenvalue weighted by molar-refractivity contribution is 5.55. The molecular formula is C18H40N2O36. The lowest BCUT2D eigenvalue weighted by atomic mass is 10.2. The minimum absolute atomic E-state index is 0.0958. The first-order valence-electron chi connectivity index (χ1n) is 11.1. The molecule has 0 fully saturated rings. The van der Waals surface area contributed by atoms with Crippen molar-refractivity contribution in [1.29, 1.82) is 0 Å². The van der Waals surface area contributed by atoms with Crippen LogP contribution in [0.3, 0.4) is 0 Å². The molecule has 28 N–H and O–H groups in total. The Hall–Kier alpha value is -8.84. The summed E-state index contributed by atoms with van der Waals surface area (Å²) in [5.74, 6) is 0. The van der Waals surface area contributed by atoms with Crippen molar-refractivity contribution in [2.75, 3.05) is 0 Å². The molecule has 0 aliphatic carbocycles. The van der Waals surface area contributed by atoms with Crippen molar-refractivity contribution in [2.24, 2.45) is 11.5 Å². The monoisotopic (exact) mass is 860 g/mol. The Balaban J connectivity index is -0.0000000328. The molecule has 38 heteroatoms. The number of hydrogen-bond acceptors (Lipinski definition) is 14. The fraction of sp³-hybridized carbons (Fsp3) is 0.333. The lowest BCUT2D eigenvalue weighted by molar-refractivity contribution is 0.135. The summed E-state index contributed by atoms with van der Waals surface area (Å²) in [6, 6.07) is 0. The van der Waals surface area contributed by atoms with Gasteiger partial charge in [0.2, 0.25) is 0 Å². The SMILES string of the molecule is CCCCCC(N)N.O=C(O)O.O=C(O)O.O=C(O)O.O=C(O)O.O=C(O)O.O=C(O)O.O=C(O)O.O=C(O)O.O=C(O)O.O=C(O)O.O=C(O)O.O=C(O)O. The maximum Gasteiger partial charge on any atom is 0.503 e. The zero-order chi connectivity index (χ0) is 49.3. The van der Waals surface area contributed by atoms with Crippen LogP contribution >= 0.6 is 0 Å². The van der Waals surface area contributed by atoms with Gasteiger partial charge >= 0.3 is 73.9 Å². The molecule has 338 valence electrons. The second kappa shape index (κ2) is 80.7. The van der Waals surface area contributed by atoms with Crippen LogP contribution in [0.5, 0.6) is 0 Å². The highest BCUT2D eigenvalue weighted by Gasteiger charge is 1.90. The van der Waals surface area contributed by atoms with E-state index in [1.54, 1.807) is 0 Å². The molecule has 0 atom stereocenters.